The van der Waals surface area contributed by atoms with Crippen LogP contribution in [-0.4, -0.2) is 43.2 Å². The number of amides is 1. The van der Waals surface area contributed by atoms with Crippen LogP contribution in [0.1, 0.15) is 6.92 Å². The molecule has 0 aromatic heterocycles. The van der Waals surface area contributed by atoms with E-state index in [1.807, 2.05) is 13.0 Å². The van der Waals surface area contributed by atoms with Gasteiger partial charge in [0.1, 0.15) is 5.75 Å². The minimum absolute atomic E-state index is 0.0223. The first kappa shape index (κ1) is 14.9. The number of nitrogens with zero attached hydrogens (tertiary/aromatic N) is 1. The van der Waals surface area contributed by atoms with Crippen LogP contribution < -0.4 is 4.74 Å². The van der Waals surface area contributed by atoms with Gasteiger partial charge in [-0.1, -0.05) is 11.6 Å². The van der Waals surface area contributed by atoms with Gasteiger partial charge in [-0.05, 0) is 47.7 Å². The molecule has 104 valence electrons. The number of carbonyl (C=O) groups is 1. The van der Waals surface area contributed by atoms with Crippen molar-refractivity contribution in [2.75, 3.05) is 26.3 Å². The van der Waals surface area contributed by atoms with Gasteiger partial charge in [-0.2, -0.15) is 0 Å². The number of hydrogen-bond acceptors (Lipinski definition) is 3. The summed E-state index contributed by atoms with van der Waals surface area (Å²) in [5, 5.41) is 0.600. The Morgan fingerprint density at radius 1 is 1.63 bits per heavy atom. The highest BCUT2D eigenvalue weighted by molar-refractivity contribution is 14.1. The van der Waals surface area contributed by atoms with Crippen LogP contribution >= 0.6 is 34.2 Å². The lowest BCUT2D eigenvalue weighted by molar-refractivity contribution is -0.140. The van der Waals surface area contributed by atoms with Gasteiger partial charge in [0, 0.05) is 18.1 Å². The van der Waals surface area contributed by atoms with Gasteiger partial charge in [0.25, 0.3) is 5.91 Å². The van der Waals surface area contributed by atoms with E-state index in [0.29, 0.717) is 30.5 Å². The molecule has 6 heteroatoms. The molecule has 0 bridgehead atoms. The van der Waals surface area contributed by atoms with Crippen molar-refractivity contribution in [1.82, 2.24) is 4.90 Å². The fraction of sp³-hybridized carbons (Fsp3) is 0.462. The van der Waals surface area contributed by atoms with E-state index in [2.05, 4.69) is 22.6 Å². The van der Waals surface area contributed by atoms with E-state index >= 15 is 0 Å². The number of hydrogen-bond donors (Lipinski definition) is 0. The zero-order valence-corrected chi connectivity index (χ0v) is 13.5. The molecular formula is C13H15ClINO3. The Balaban J connectivity index is 1.91. The van der Waals surface area contributed by atoms with Gasteiger partial charge in [0.05, 0.1) is 16.3 Å². The number of morpholine rings is 1. The second-order valence-electron chi connectivity index (χ2n) is 4.38. The van der Waals surface area contributed by atoms with Crippen molar-refractivity contribution < 1.29 is 14.3 Å². The van der Waals surface area contributed by atoms with Crippen LogP contribution in [0.4, 0.5) is 0 Å². The molecule has 1 unspecified atom stereocenters. The van der Waals surface area contributed by atoms with Crippen molar-refractivity contribution >= 4 is 40.1 Å². The number of rotatable bonds is 3. The highest BCUT2D eigenvalue weighted by Crippen LogP contribution is 2.24. The number of ether oxygens (including phenoxy) is 2. The predicted molar refractivity (Wildman–Crippen MR) is 81.7 cm³/mol. The third-order valence-corrected chi connectivity index (χ3v) is 3.96. The minimum Gasteiger partial charge on any atom is -0.483 e. The van der Waals surface area contributed by atoms with Crippen molar-refractivity contribution in [3.63, 3.8) is 0 Å². The van der Waals surface area contributed by atoms with Crippen LogP contribution in [-0.2, 0) is 9.53 Å². The largest absolute Gasteiger partial charge is 0.483 e. The maximum Gasteiger partial charge on any atom is 0.260 e. The zero-order valence-electron chi connectivity index (χ0n) is 10.6. The second kappa shape index (κ2) is 6.76. The van der Waals surface area contributed by atoms with E-state index in [1.165, 1.54) is 0 Å². The first-order valence-electron chi connectivity index (χ1n) is 6.03. The molecule has 0 N–H and O–H groups in total. The maximum atomic E-state index is 12.0. The molecule has 1 heterocycles. The summed E-state index contributed by atoms with van der Waals surface area (Å²) in [7, 11) is 0. The van der Waals surface area contributed by atoms with Gasteiger partial charge in [-0.15, -0.1) is 0 Å². The van der Waals surface area contributed by atoms with E-state index in [9.17, 15) is 4.79 Å². The Kier molecular flexibility index (Phi) is 5.29. The van der Waals surface area contributed by atoms with Crippen molar-refractivity contribution in [2.24, 2.45) is 0 Å². The van der Waals surface area contributed by atoms with Crippen LogP contribution in [0.5, 0.6) is 5.75 Å². The number of halogens is 2. The molecule has 19 heavy (non-hydrogen) atoms. The van der Waals surface area contributed by atoms with Crippen LogP contribution in [0.3, 0.4) is 0 Å². The summed E-state index contributed by atoms with van der Waals surface area (Å²) in [6.07, 6.45) is 0.0870. The zero-order chi connectivity index (χ0) is 13.8. The molecule has 0 aliphatic carbocycles. The second-order valence-corrected chi connectivity index (χ2v) is 5.98. The topological polar surface area (TPSA) is 38.8 Å². The van der Waals surface area contributed by atoms with Gasteiger partial charge < -0.3 is 14.4 Å². The van der Waals surface area contributed by atoms with Crippen LogP contribution in [0.25, 0.3) is 0 Å². The van der Waals surface area contributed by atoms with E-state index in [1.54, 1.807) is 17.0 Å². The molecular weight excluding hydrogens is 381 g/mol. The maximum absolute atomic E-state index is 12.0. The molecule has 1 aliphatic rings. The van der Waals surface area contributed by atoms with Crippen molar-refractivity contribution in [1.29, 1.82) is 0 Å². The van der Waals surface area contributed by atoms with Gasteiger partial charge in [0.2, 0.25) is 0 Å². The molecule has 0 saturated carbocycles. The number of carbonyl (C=O) groups excluding carboxylic acids is 1. The molecule has 1 aliphatic heterocycles. The van der Waals surface area contributed by atoms with E-state index in [-0.39, 0.29) is 18.6 Å². The van der Waals surface area contributed by atoms with Crippen molar-refractivity contribution in [3.8, 4) is 5.75 Å². The lowest BCUT2D eigenvalue weighted by Crippen LogP contribution is -2.46. The number of benzene rings is 1. The highest BCUT2D eigenvalue weighted by atomic mass is 127. The first-order valence-corrected chi connectivity index (χ1v) is 7.49. The standard InChI is InChI=1S/C13H15ClINO3/c1-9-7-16(4-5-18-9)13(17)8-19-12-6-10(14)2-3-11(12)15/h2-3,6,9H,4-5,7-8H2,1H3. The normalized spacial score (nSPS) is 19.3. The molecule has 1 atom stereocenters. The van der Waals surface area contributed by atoms with E-state index in [0.717, 1.165) is 3.57 Å². The van der Waals surface area contributed by atoms with Crippen molar-refractivity contribution in [3.05, 3.63) is 26.8 Å². The molecule has 0 radical (unpaired) electrons. The van der Waals surface area contributed by atoms with Crippen LogP contribution in [0, 0.1) is 3.57 Å². The quantitative estimate of drug-likeness (QED) is 0.739. The summed E-state index contributed by atoms with van der Waals surface area (Å²) in [6.45, 7) is 3.82. The molecule has 1 fully saturated rings. The minimum atomic E-state index is -0.0223. The predicted octanol–water partition coefficient (Wildman–Crippen LogP) is 2.57. The summed E-state index contributed by atoms with van der Waals surface area (Å²) in [5.41, 5.74) is 0. The molecule has 2 rings (SSSR count). The Morgan fingerprint density at radius 3 is 3.16 bits per heavy atom. The Labute approximate surface area is 131 Å². The fourth-order valence-corrected chi connectivity index (χ4v) is 2.52. The molecule has 1 aromatic carbocycles. The molecule has 1 aromatic rings. The SMILES string of the molecule is CC1CN(C(=O)COc2cc(Cl)ccc2I)CCO1. The van der Waals surface area contributed by atoms with Gasteiger partial charge in [0.15, 0.2) is 6.61 Å². The van der Waals surface area contributed by atoms with Crippen LogP contribution in [0.15, 0.2) is 18.2 Å². The Bertz CT molecular complexity index is 469. The lowest BCUT2D eigenvalue weighted by atomic mass is 10.3. The van der Waals surface area contributed by atoms with Gasteiger partial charge in [-0.3, -0.25) is 4.79 Å². The molecule has 0 spiro atoms. The summed E-state index contributed by atoms with van der Waals surface area (Å²) in [6, 6.07) is 5.37. The third-order valence-electron chi connectivity index (χ3n) is 2.84. The fourth-order valence-electron chi connectivity index (χ4n) is 1.86. The third kappa shape index (κ3) is 4.22. The van der Waals surface area contributed by atoms with Crippen LogP contribution in [0.2, 0.25) is 5.02 Å². The van der Waals surface area contributed by atoms with Gasteiger partial charge >= 0.3 is 0 Å². The molecule has 1 amide bonds. The first-order chi connectivity index (χ1) is 9.06. The summed E-state index contributed by atoms with van der Waals surface area (Å²) < 4.78 is 11.9. The van der Waals surface area contributed by atoms with Gasteiger partial charge in [-0.25, -0.2) is 0 Å². The smallest absolute Gasteiger partial charge is 0.260 e. The van der Waals surface area contributed by atoms with E-state index < -0.39 is 0 Å². The Morgan fingerprint density at radius 2 is 2.42 bits per heavy atom. The summed E-state index contributed by atoms with van der Waals surface area (Å²) in [4.78, 5) is 13.8. The summed E-state index contributed by atoms with van der Waals surface area (Å²) in [5.74, 6) is 0.619. The van der Waals surface area contributed by atoms with E-state index in [4.69, 9.17) is 21.1 Å². The van der Waals surface area contributed by atoms with Crippen molar-refractivity contribution in [2.45, 2.75) is 13.0 Å². The highest BCUT2D eigenvalue weighted by Gasteiger charge is 2.21. The molecule has 1 saturated heterocycles. The Hall–Kier alpha value is -0.530. The summed E-state index contributed by atoms with van der Waals surface area (Å²) >= 11 is 8.06. The molecule has 4 nitrogen and oxygen atoms in total. The lowest BCUT2D eigenvalue weighted by Gasteiger charge is -2.31. The monoisotopic (exact) mass is 395 g/mol. The average Bonchev–Trinajstić information content (AvgIpc) is 2.39. The average molecular weight is 396 g/mol.